The zero-order valence-electron chi connectivity index (χ0n) is 11.4. The second-order valence-corrected chi connectivity index (χ2v) is 6.42. The third-order valence-electron chi connectivity index (χ3n) is 3.10. The SMILES string of the molecule is CCCNC(Cc1ccc(I)cc1)c1ccc(Cl)cn1. The molecule has 1 aromatic carbocycles. The normalized spacial score (nSPS) is 12.3. The van der Waals surface area contributed by atoms with E-state index < -0.39 is 0 Å². The summed E-state index contributed by atoms with van der Waals surface area (Å²) >= 11 is 8.24. The first-order chi connectivity index (χ1) is 9.69. The van der Waals surface area contributed by atoms with Gasteiger partial charge in [-0.1, -0.05) is 30.7 Å². The molecule has 1 unspecified atom stereocenters. The van der Waals surface area contributed by atoms with Gasteiger partial charge in [0.1, 0.15) is 0 Å². The predicted molar refractivity (Wildman–Crippen MR) is 93.1 cm³/mol. The Bertz CT molecular complexity index is 525. The van der Waals surface area contributed by atoms with Crippen molar-refractivity contribution in [1.29, 1.82) is 0 Å². The van der Waals surface area contributed by atoms with Gasteiger partial charge in [0.15, 0.2) is 0 Å². The van der Waals surface area contributed by atoms with Crippen LogP contribution in [0, 0.1) is 3.57 Å². The molecule has 0 amide bonds. The summed E-state index contributed by atoms with van der Waals surface area (Å²) in [4.78, 5) is 4.45. The zero-order chi connectivity index (χ0) is 14.4. The number of benzene rings is 1. The Kier molecular flexibility index (Phi) is 6.26. The van der Waals surface area contributed by atoms with E-state index in [0.717, 1.165) is 25.1 Å². The monoisotopic (exact) mass is 400 g/mol. The van der Waals surface area contributed by atoms with E-state index in [1.807, 2.05) is 12.1 Å². The molecule has 2 aromatic rings. The second kappa shape index (κ2) is 7.96. The van der Waals surface area contributed by atoms with Gasteiger partial charge in [-0.25, -0.2) is 0 Å². The molecule has 0 aliphatic carbocycles. The number of hydrogen-bond acceptors (Lipinski definition) is 2. The van der Waals surface area contributed by atoms with Crippen LogP contribution in [0.25, 0.3) is 0 Å². The maximum atomic E-state index is 5.91. The fourth-order valence-corrected chi connectivity index (χ4v) is 2.52. The molecule has 0 radical (unpaired) electrons. The van der Waals surface area contributed by atoms with Crippen molar-refractivity contribution >= 4 is 34.2 Å². The lowest BCUT2D eigenvalue weighted by Crippen LogP contribution is -2.24. The van der Waals surface area contributed by atoms with Crippen LogP contribution in [0.4, 0.5) is 0 Å². The molecular weight excluding hydrogens is 383 g/mol. The summed E-state index contributed by atoms with van der Waals surface area (Å²) in [5, 5.41) is 4.24. The Balaban J connectivity index is 2.14. The Morgan fingerprint density at radius 3 is 2.55 bits per heavy atom. The first kappa shape index (κ1) is 15.7. The maximum Gasteiger partial charge on any atom is 0.0589 e. The molecule has 106 valence electrons. The summed E-state index contributed by atoms with van der Waals surface area (Å²) in [6, 6.07) is 12.8. The molecule has 0 bridgehead atoms. The van der Waals surface area contributed by atoms with Gasteiger partial charge in [-0.15, -0.1) is 0 Å². The van der Waals surface area contributed by atoms with Crippen molar-refractivity contribution in [2.24, 2.45) is 0 Å². The fraction of sp³-hybridized carbons (Fsp3) is 0.312. The van der Waals surface area contributed by atoms with Crippen molar-refractivity contribution < 1.29 is 0 Å². The molecule has 0 saturated carbocycles. The maximum absolute atomic E-state index is 5.91. The first-order valence-electron chi connectivity index (χ1n) is 6.78. The van der Waals surface area contributed by atoms with Crippen molar-refractivity contribution in [3.8, 4) is 0 Å². The summed E-state index contributed by atoms with van der Waals surface area (Å²) in [6.07, 6.45) is 3.76. The summed E-state index contributed by atoms with van der Waals surface area (Å²) in [5.74, 6) is 0. The molecule has 0 aliphatic rings. The Morgan fingerprint density at radius 2 is 1.95 bits per heavy atom. The molecule has 0 fully saturated rings. The average Bonchev–Trinajstić information content (AvgIpc) is 2.46. The van der Waals surface area contributed by atoms with E-state index in [1.54, 1.807) is 6.20 Å². The minimum Gasteiger partial charge on any atom is -0.308 e. The standard InChI is InChI=1S/C16H18ClIN2/c1-2-9-19-16(15-8-5-13(17)11-20-15)10-12-3-6-14(18)7-4-12/h3-8,11,16,19H,2,9-10H2,1H3. The van der Waals surface area contributed by atoms with Crippen LogP contribution >= 0.6 is 34.2 Å². The smallest absolute Gasteiger partial charge is 0.0589 e. The molecule has 1 N–H and O–H groups in total. The molecule has 0 saturated heterocycles. The summed E-state index contributed by atoms with van der Waals surface area (Å²) in [5.41, 5.74) is 2.36. The molecular formula is C16H18ClIN2. The van der Waals surface area contributed by atoms with Crippen molar-refractivity contribution in [2.75, 3.05) is 6.54 Å². The van der Waals surface area contributed by atoms with Gasteiger partial charge in [-0.05, 0) is 71.8 Å². The van der Waals surface area contributed by atoms with Crippen LogP contribution in [-0.2, 0) is 6.42 Å². The van der Waals surface area contributed by atoms with E-state index in [4.69, 9.17) is 11.6 Å². The number of pyridine rings is 1. The summed E-state index contributed by atoms with van der Waals surface area (Å²) in [6.45, 7) is 3.16. The fourth-order valence-electron chi connectivity index (χ4n) is 2.05. The number of hydrogen-bond donors (Lipinski definition) is 1. The van der Waals surface area contributed by atoms with Crippen molar-refractivity contribution in [2.45, 2.75) is 25.8 Å². The molecule has 2 rings (SSSR count). The average molecular weight is 401 g/mol. The van der Waals surface area contributed by atoms with E-state index >= 15 is 0 Å². The highest BCUT2D eigenvalue weighted by Crippen LogP contribution is 2.19. The summed E-state index contributed by atoms with van der Waals surface area (Å²) in [7, 11) is 0. The van der Waals surface area contributed by atoms with E-state index in [0.29, 0.717) is 5.02 Å². The van der Waals surface area contributed by atoms with Gasteiger partial charge in [0.2, 0.25) is 0 Å². The third-order valence-corrected chi connectivity index (χ3v) is 4.04. The van der Waals surface area contributed by atoms with E-state index in [-0.39, 0.29) is 6.04 Å². The molecule has 1 heterocycles. The quantitative estimate of drug-likeness (QED) is 0.716. The Hall–Kier alpha value is -0.650. The van der Waals surface area contributed by atoms with E-state index in [2.05, 4.69) is 64.1 Å². The number of nitrogens with zero attached hydrogens (tertiary/aromatic N) is 1. The van der Waals surface area contributed by atoms with Crippen molar-refractivity contribution in [3.05, 3.63) is 62.4 Å². The lowest BCUT2D eigenvalue weighted by molar-refractivity contribution is 0.518. The van der Waals surface area contributed by atoms with Crippen LogP contribution in [-0.4, -0.2) is 11.5 Å². The predicted octanol–water partition coefficient (Wildman–Crippen LogP) is 4.62. The topological polar surface area (TPSA) is 24.9 Å². The number of halogens is 2. The third kappa shape index (κ3) is 4.72. The minimum atomic E-state index is 0.229. The molecule has 0 aliphatic heterocycles. The Morgan fingerprint density at radius 1 is 1.20 bits per heavy atom. The van der Waals surface area contributed by atoms with Gasteiger partial charge in [-0.2, -0.15) is 0 Å². The number of aromatic nitrogens is 1. The van der Waals surface area contributed by atoms with Crippen LogP contribution in [0.5, 0.6) is 0 Å². The molecule has 1 atom stereocenters. The molecule has 2 nitrogen and oxygen atoms in total. The lowest BCUT2D eigenvalue weighted by Gasteiger charge is -2.18. The van der Waals surface area contributed by atoms with Gasteiger partial charge >= 0.3 is 0 Å². The molecule has 4 heteroatoms. The van der Waals surface area contributed by atoms with Crippen molar-refractivity contribution in [1.82, 2.24) is 10.3 Å². The number of nitrogens with one attached hydrogen (secondary N) is 1. The lowest BCUT2D eigenvalue weighted by atomic mass is 10.0. The van der Waals surface area contributed by atoms with Gasteiger partial charge in [0.25, 0.3) is 0 Å². The molecule has 0 spiro atoms. The highest BCUT2D eigenvalue weighted by atomic mass is 127. The van der Waals surface area contributed by atoms with Gasteiger partial charge in [-0.3, -0.25) is 4.98 Å². The van der Waals surface area contributed by atoms with Crippen LogP contribution in [0.15, 0.2) is 42.6 Å². The van der Waals surface area contributed by atoms with E-state index in [1.165, 1.54) is 9.13 Å². The Labute approximate surface area is 139 Å². The first-order valence-corrected chi connectivity index (χ1v) is 8.24. The molecule has 20 heavy (non-hydrogen) atoms. The van der Waals surface area contributed by atoms with Gasteiger partial charge < -0.3 is 5.32 Å². The summed E-state index contributed by atoms with van der Waals surface area (Å²) < 4.78 is 1.26. The second-order valence-electron chi connectivity index (χ2n) is 4.74. The largest absolute Gasteiger partial charge is 0.308 e. The van der Waals surface area contributed by atoms with Crippen LogP contribution < -0.4 is 5.32 Å². The van der Waals surface area contributed by atoms with Crippen molar-refractivity contribution in [3.63, 3.8) is 0 Å². The van der Waals surface area contributed by atoms with Gasteiger partial charge in [0, 0.05) is 9.77 Å². The van der Waals surface area contributed by atoms with Crippen LogP contribution in [0.1, 0.15) is 30.6 Å². The molecule has 1 aromatic heterocycles. The van der Waals surface area contributed by atoms with Crippen LogP contribution in [0.3, 0.4) is 0 Å². The highest BCUT2D eigenvalue weighted by molar-refractivity contribution is 14.1. The number of rotatable bonds is 6. The minimum absolute atomic E-state index is 0.229. The van der Waals surface area contributed by atoms with E-state index in [9.17, 15) is 0 Å². The van der Waals surface area contributed by atoms with Gasteiger partial charge in [0.05, 0.1) is 16.8 Å². The highest BCUT2D eigenvalue weighted by Gasteiger charge is 2.12. The zero-order valence-corrected chi connectivity index (χ0v) is 14.4. The van der Waals surface area contributed by atoms with Crippen LogP contribution in [0.2, 0.25) is 5.02 Å².